The molecule has 0 saturated carbocycles. The molecule has 0 fully saturated rings. The second kappa shape index (κ2) is 6.52. The zero-order valence-electron chi connectivity index (χ0n) is 12.5. The van der Waals surface area contributed by atoms with E-state index in [1.54, 1.807) is 25.1 Å². The molecule has 0 aliphatic heterocycles. The number of benzene rings is 1. The second-order valence-electron chi connectivity index (χ2n) is 5.28. The van der Waals surface area contributed by atoms with E-state index in [0.717, 1.165) is 12.0 Å². The van der Waals surface area contributed by atoms with Crippen molar-refractivity contribution in [2.24, 2.45) is 5.73 Å². The van der Waals surface area contributed by atoms with Crippen molar-refractivity contribution in [1.29, 1.82) is 0 Å². The summed E-state index contributed by atoms with van der Waals surface area (Å²) in [5, 5.41) is 5.56. The van der Waals surface area contributed by atoms with E-state index in [2.05, 4.69) is 10.6 Å². The van der Waals surface area contributed by atoms with E-state index < -0.39 is 5.54 Å². The molecule has 0 bridgehead atoms. The summed E-state index contributed by atoms with van der Waals surface area (Å²) in [4.78, 5) is 23.3. The summed E-state index contributed by atoms with van der Waals surface area (Å²) < 4.78 is 0. The predicted octanol–water partition coefficient (Wildman–Crippen LogP) is 2.41. The minimum atomic E-state index is -0.898. The van der Waals surface area contributed by atoms with Crippen LogP contribution in [0.4, 0.5) is 11.4 Å². The molecule has 110 valence electrons. The highest BCUT2D eigenvalue weighted by atomic mass is 16.2. The molecule has 0 aliphatic rings. The molecular weight excluding hydrogens is 254 g/mol. The number of rotatable bonds is 5. The smallest absolute Gasteiger partial charge is 0.244 e. The van der Waals surface area contributed by atoms with E-state index in [-0.39, 0.29) is 11.8 Å². The summed E-state index contributed by atoms with van der Waals surface area (Å²) in [5.41, 5.74) is 7.26. The van der Waals surface area contributed by atoms with Crippen LogP contribution in [0.1, 0.15) is 39.2 Å². The van der Waals surface area contributed by atoms with Crippen LogP contribution in [0.25, 0.3) is 0 Å². The summed E-state index contributed by atoms with van der Waals surface area (Å²) in [7, 11) is 0. The van der Waals surface area contributed by atoms with E-state index >= 15 is 0 Å². The maximum atomic E-state index is 12.2. The van der Waals surface area contributed by atoms with Crippen molar-refractivity contribution in [3.8, 4) is 0 Å². The van der Waals surface area contributed by atoms with Gasteiger partial charge >= 0.3 is 0 Å². The average molecular weight is 277 g/mol. The molecule has 1 rings (SSSR count). The van der Waals surface area contributed by atoms with Crippen LogP contribution >= 0.6 is 0 Å². The molecule has 2 amide bonds. The fourth-order valence-electron chi connectivity index (χ4n) is 1.99. The van der Waals surface area contributed by atoms with Crippen LogP contribution < -0.4 is 16.4 Å². The van der Waals surface area contributed by atoms with E-state index in [1.807, 2.05) is 13.8 Å². The summed E-state index contributed by atoms with van der Waals surface area (Å²) >= 11 is 0. The van der Waals surface area contributed by atoms with E-state index in [9.17, 15) is 9.59 Å². The van der Waals surface area contributed by atoms with Crippen molar-refractivity contribution in [2.75, 3.05) is 10.6 Å². The first kappa shape index (κ1) is 16.2. The number of carbonyl (C=O) groups excluding carboxylic acids is 2. The lowest BCUT2D eigenvalue weighted by molar-refractivity contribution is -0.120. The highest BCUT2D eigenvalue weighted by molar-refractivity contribution is 5.99. The predicted molar refractivity (Wildman–Crippen MR) is 81.6 cm³/mol. The molecule has 1 aromatic carbocycles. The molecule has 0 saturated heterocycles. The van der Waals surface area contributed by atoms with Gasteiger partial charge in [-0.1, -0.05) is 19.4 Å². The highest BCUT2D eigenvalue weighted by Crippen LogP contribution is 2.24. The summed E-state index contributed by atoms with van der Waals surface area (Å²) in [6.45, 7) is 7.00. The average Bonchev–Trinajstić information content (AvgIpc) is 2.33. The summed E-state index contributed by atoms with van der Waals surface area (Å²) in [6.07, 6.45) is 1.45. The molecule has 20 heavy (non-hydrogen) atoms. The Morgan fingerprint density at radius 1 is 1.25 bits per heavy atom. The van der Waals surface area contributed by atoms with Gasteiger partial charge in [-0.05, 0) is 38.0 Å². The standard InChI is InChI=1S/C15H23N3O2/c1-5-9-15(4,16)14(20)18-13-8-6-7-12(10(13)2)17-11(3)19/h6-8H,5,9,16H2,1-4H3,(H,17,19)(H,18,20). The van der Waals surface area contributed by atoms with Crippen LogP contribution in [0.2, 0.25) is 0 Å². The monoisotopic (exact) mass is 277 g/mol. The number of hydrogen-bond acceptors (Lipinski definition) is 3. The lowest BCUT2D eigenvalue weighted by Gasteiger charge is -2.23. The molecule has 0 aromatic heterocycles. The van der Waals surface area contributed by atoms with Gasteiger partial charge in [-0.3, -0.25) is 9.59 Å². The molecule has 1 atom stereocenters. The van der Waals surface area contributed by atoms with Crippen LogP contribution in [-0.2, 0) is 9.59 Å². The van der Waals surface area contributed by atoms with E-state index in [1.165, 1.54) is 6.92 Å². The normalized spacial score (nSPS) is 13.4. The fourth-order valence-corrected chi connectivity index (χ4v) is 1.99. The van der Waals surface area contributed by atoms with Gasteiger partial charge in [-0.2, -0.15) is 0 Å². The number of nitrogens with one attached hydrogen (secondary N) is 2. The van der Waals surface area contributed by atoms with Gasteiger partial charge in [0.05, 0.1) is 5.54 Å². The van der Waals surface area contributed by atoms with Crippen molar-refractivity contribution in [1.82, 2.24) is 0 Å². The highest BCUT2D eigenvalue weighted by Gasteiger charge is 2.27. The maximum Gasteiger partial charge on any atom is 0.244 e. The molecule has 0 heterocycles. The first-order valence-electron chi connectivity index (χ1n) is 6.75. The van der Waals surface area contributed by atoms with Gasteiger partial charge in [0, 0.05) is 18.3 Å². The summed E-state index contributed by atoms with van der Waals surface area (Å²) in [6, 6.07) is 5.36. The quantitative estimate of drug-likeness (QED) is 0.772. The Bertz CT molecular complexity index is 510. The Balaban J connectivity index is 2.93. The Labute approximate surface area is 119 Å². The van der Waals surface area contributed by atoms with Crippen molar-refractivity contribution >= 4 is 23.2 Å². The van der Waals surface area contributed by atoms with Crippen molar-refractivity contribution in [3.05, 3.63) is 23.8 Å². The molecule has 1 unspecified atom stereocenters. The first-order valence-corrected chi connectivity index (χ1v) is 6.75. The first-order chi connectivity index (χ1) is 9.27. The third-order valence-corrected chi connectivity index (χ3v) is 3.18. The van der Waals surface area contributed by atoms with Crippen molar-refractivity contribution in [2.45, 2.75) is 46.1 Å². The third kappa shape index (κ3) is 4.06. The number of amides is 2. The zero-order chi connectivity index (χ0) is 15.3. The van der Waals surface area contributed by atoms with Crippen LogP contribution in [0.15, 0.2) is 18.2 Å². The number of hydrogen-bond donors (Lipinski definition) is 3. The van der Waals surface area contributed by atoms with Crippen molar-refractivity contribution < 1.29 is 9.59 Å². The van der Waals surface area contributed by atoms with E-state index in [4.69, 9.17) is 5.73 Å². The number of carbonyl (C=O) groups is 2. The Hall–Kier alpha value is -1.88. The maximum absolute atomic E-state index is 12.2. The van der Waals surface area contributed by atoms with Crippen molar-refractivity contribution in [3.63, 3.8) is 0 Å². The SMILES string of the molecule is CCCC(C)(N)C(=O)Nc1cccc(NC(C)=O)c1C. The van der Waals surface area contributed by atoms with Crippen LogP contribution in [0, 0.1) is 6.92 Å². The zero-order valence-corrected chi connectivity index (χ0v) is 12.5. The van der Waals surface area contributed by atoms with Gasteiger partial charge in [0.2, 0.25) is 11.8 Å². The largest absolute Gasteiger partial charge is 0.326 e. The number of nitrogens with two attached hydrogens (primary N) is 1. The van der Waals surface area contributed by atoms with Gasteiger partial charge in [-0.15, -0.1) is 0 Å². The summed E-state index contributed by atoms with van der Waals surface area (Å²) in [5.74, 6) is -0.367. The third-order valence-electron chi connectivity index (χ3n) is 3.18. The van der Waals surface area contributed by atoms with Crippen LogP contribution in [0.3, 0.4) is 0 Å². The Morgan fingerprint density at radius 2 is 1.80 bits per heavy atom. The van der Waals surface area contributed by atoms with Gasteiger partial charge in [0.25, 0.3) is 0 Å². The minimum Gasteiger partial charge on any atom is -0.326 e. The molecule has 5 nitrogen and oxygen atoms in total. The number of anilines is 2. The van der Waals surface area contributed by atoms with Gasteiger partial charge in [-0.25, -0.2) is 0 Å². The molecule has 0 radical (unpaired) electrons. The molecule has 4 N–H and O–H groups in total. The lowest BCUT2D eigenvalue weighted by Crippen LogP contribution is -2.48. The Kier molecular flexibility index (Phi) is 5.27. The van der Waals surface area contributed by atoms with E-state index in [0.29, 0.717) is 17.8 Å². The molecule has 0 aliphatic carbocycles. The fraction of sp³-hybridized carbons (Fsp3) is 0.467. The molecule has 1 aromatic rings. The topological polar surface area (TPSA) is 84.2 Å². The minimum absolute atomic E-state index is 0.147. The van der Waals surface area contributed by atoms with Crippen LogP contribution in [-0.4, -0.2) is 17.4 Å². The van der Waals surface area contributed by atoms with Gasteiger partial charge in [0.1, 0.15) is 0 Å². The second-order valence-corrected chi connectivity index (χ2v) is 5.28. The molecule has 5 heteroatoms. The van der Waals surface area contributed by atoms with Gasteiger partial charge in [0.15, 0.2) is 0 Å². The van der Waals surface area contributed by atoms with Crippen LogP contribution in [0.5, 0.6) is 0 Å². The Morgan fingerprint density at radius 3 is 2.30 bits per heavy atom. The molecular formula is C15H23N3O2. The lowest BCUT2D eigenvalue weighted by atomic mass is 9.96. The molecule has 0 spiro atoms. The van der Waals surface area contributed by atoms with Gasteiger partial charge < -0.3 is 16.4 Å².